The van der Waals surface area contributed by atoms with E-state index >= 15 is 0 Å². The normalized spacial score (nSPS) is 14.2. The van der Waals surface area contributed by atoms with Gasteiger partial charge in [-0.3, -0.25) is 14.6 Å². The Hall–Kier alpha value is -4.12. The third kappa shape index (κ3) is 5.10. The van der Waals surface area contributed by atoms with Crippen molar-refractivity contribution in [2.24, 2.45) is 0 Å². The second kappa shape index (κ2) is 9.86. The van der Waals surface area contributed by atoms with Crippen LogP contribution in [0.3, 0.4) is 0 Å². The number of nitrogens with one attached hydrogen (secondary N) is 2. The number of hydrogen-bond acceptors (Lipinski definition) is 7. The van der Waals surface area contributed by atoms with E-state index in [1.165, 1.54) is 35.6 Å². The van der Waals surface area contributed by atoms with Gasteiger partial charge in [-0.2, -0.15) is 0 Å². The molecule has 3 heterocycles. The summed E-state index contributed by atoms with van der Waals surface area (Å²) in [6, 6.07) is 10.5. The molecule has 2 aromatic heterocycles. The van der Waals surface area contributed by atoms with Gasteiger partial charge < -0.3 is 14.6 Å². The molecule has 184 valence electrons. The Labute approximate surface area is 207 Å². The number of hydrogen-bond donors (Lipinski definition) is 2. The van der Waals surface area contributed by atoms with Crippen LogP contribution in [0.2, 0.25) is 0 Å². The number of aromatic nitrogens is 2. The van der Waals surface area contributed by atoms with Gasteiger partial charge in [0.25, 0.3) is 5.91 Å². The zero-order valence-corrected chi connectivity index (χ0v) is 19.8. The number of thiazole rings is 1. The Morgan fingerprint density at radius 1 is 1.14 bits per heavy atom. The summed E-state index contributed by atoms with van der Waals surface area (Å²) in [7, 11) is 0. The summed E-state index contributed by atoms with van der Waals surface area (Å²) in [6.45, 7) is 1.18. The second-order valence-electron chi connectivity index (χ2n) is 8.55. The maximum Gasteiger partial charge on any atom is 0.419 e. The van der Waals surface area contributed by atoms with E-state index in [1.807, 2.05) is 4.90 Å². The molecule has 0 saturated carbocycles. The van der Waals surface area contributed by atoms with Gasteiger partial charge in [-0.05, 0) is 48.7 Å². The number of amides is 2. The van der Waals surface area contributed by atoms with Crippen LogP contribution in [-0.4, -0.2) is 39.8 Å². The summed E-state index contributed by atoms with van der Waals surface area (Å²) in [5.74, 6) is -1.44. The van der Waals surface area contributed by atoms with Gasteiger partial charge in [0.1, 0.15) is 11.5 Å². The minimum Gasteiger partial charge on any atom is -0.372 e. The number of benzene rings is 2. The first-order chi connectivity index (χ1) is 17.4. The van der Waals surface area contributed by atoms with Crippen LogP contribution in [0.1, 0.15) is 39.8 Å². The lowest BCUT2D eigenvalue weighted by Gasteiger charge is -2.31. The average Bonchev–Trinajstić information content (AvgIpc) is 3.36. The second-order valence-corrected chi connectivity index (χ2v) is 9.44. The van der Waals surface area contributed by atoms with Crippen LogP contribution in [0.4, 0.5) is 10.1 Å². The molecule has 0 aliphatic carbocycles. The van der Waals surface area contributed by atoms with Crippen molar-refractivity contribution >= 4 is 39.7 Å². The molecular weight excluding hydrogens is 487 g/mol. The molecule has 9 nitrogen and oxygen atoms in total. The van der Waals surface area contributed by atoms with Gasteiger partial charge in [-0.1, -0.05) is 12.1 Å². The van der Waals surface area contributed by atoms with Crippen LogP contribution in [-0.2, 0) is 11.2 Å². The van der Waals surface area contributed by atoms with Crippen molar-refractivity contribution in [2.75, 3.05) is 18.4 Å². The van der Waals surface area contributed by atoms with Crippen molar-refractivity contribution in [2.45, 2.75) is 25.2 Å². The quantitative estimate of drug-likeness (QED) is 0.426. The average molecular weight is 509 g/mol. The van der Waals surface area contributed by atoms with E-state index in [4.69, 9.17) is 0 Å². The summed E-state index contributed by atoms with van der Waals surface area (Å²) >= 11 is 1.40. The van der Waals surface area contributed by atoms with Crippen molar-refractivity contribution in [1.82, 2.24) is 14.9 Å². The van der Waals surface area contributed by atoms with Gasteiger partial charge in [0, 0.05) is 30.1 Å². The highest BCUT2D eigenvalue weighted by Gasteiger charge is 2.26. The number of H-pyrrole nitrogens is 1. The van der Waals surface area contributed by atoms with Gasteiger partial charge in [-0.15, -0.1) is 11.3 Å². The number of likely N-dealkylation sites (tertiary alicyclic amines) is 1. The number of aromatic amines is 1. The summed E-state index contributed by atoms with van der Waals surface area (Å²) in [5, 5.41) is 5.38. The van der Waals surface area contributed by atoms with Crippen molar-refractivity contribution in [3.63, 3.8) is 0 Å². The third-order valence-electron chi connectivity index (χ3n) is 6.14. The van der Waals surface area contributed by atoms with Crippen molar-refractivity contribution in [1.29, 1.82) is 0 Å². The van der Waals surface area contributed by atoms with Gasteiger partial charge >= 0.3 is 11.4 Å². The van der Waals surface area contributed by atoms with Crippen molar-refractivity contribution < 1.29 is 18.4 Å². The number of carbonyl (C=O) groups is 2. The summed E-state index contributed by atoms with van der Waals surface area (Å²) in [4.78, 5) is 57.3. The number of carbonyl (C=O) groups excluding carboxylic acids is 2. The fourth-order valence-electron chi connectivity index (χ4n) is 4.21. The van der Waals surface area contributed by atoms with E-state index in [-0.39, 0.29) is 35.1 Å². The topological polar surface area (TPSA) is 125 Å². The number of piperidine rings is 1. The number of halogens is 1. The van der Waals surface area contributed by atoms with Gasteiger partial charge in [0.05, 0.1) is 22.3 Å². The molecule has 2 N–H and O–H groups in total. The van der Waals surface area contributed by atoms with Crippen LogP contribution >= 0.6 is 11.3 Å². The molecule has 36 heavy (non-hydrogen) atoms. The highest BCUT2D eigenvalue weighted by Crippen LogP contribution is 2.31. The summed E-state index contributed by atoms with van der Waals surface area (Å²) in [5.41, 5.74) is 0.934. The van der Waals surface area contributed by atoms with Crippen molar-refractivity contribution in [3.05, 3.63) is 90.9 Å². The molecule has 1 saturated heterocycles. The van der Waals surface area contributed by atoms with Crippen molar-refractivity contribution in [3.8, 4) is 0 Å². The smallest absolute Gasteiger partial charge is 0.372 e. The molecular formula is C25H21FN4O5S. The Morgan fingerprint density at radius 2 is 1.89 bits per heavy atom. The Balaban J connectivity index is 1.19. The largest absolute Gasteiger partial charge is 0.419 e. The highest BCUT2D eigenvalue weighted by atomic mass is 32.1. The molecule has 2 amide bonds. The Morgan fingerprint density at radius 3 is 2.64 bits per heavy atom. The standard InChI is InChI=1S/C25H21FN4O5S/c26-16-3-1-14(2-4-16)11-21(31)30-9-7-15(8-10-30)23-28-20(13-36-23)22(32)27-17-5-6-19-18(12-17)24(33)35-25(34)29-19/h1-6,12-13,15H,7-11H2,(H,27,32)(H,29,34). The molecule has 11 heteroatoms. The molecule has 0 atom stereocenters. The number of nitrogens with zero attached hydrogens (tertiary/aromatic N) is 2. The lowest BCUT2D eigenvalue weighted by Crippen LogP contribution is -2.38. The predicted molar refractivity (Wildman–Crippen MR) is 132 cm³/mol. The van der Waals surface area contributed by atoms with Gasteiger partial charge in [0.2, 0.25) is 5.91 Å². The molecule has 0 unspecified atom stereocenters. The Kier molecular flexibility index (Phi) is 6.47. The minimum atomic E-state index is -0.845. The van der Waals surface area contributed by atoms with E-state index in [0.29, 0.717) is 24.3 Å². The van der Waals surface area contributed by atoms with E-state index in [1.54, 1.807) is 23.6 Å². The maximum absolute atomic E-state index is 13.1. The monoisotopic (exact) mass is 508 g/mol. The summed E-state index contributed by atoms with van der Waals surface area (Å²) in [6.07, 6.45) is 1.71. The summed E-state index contributed by atoms with van der Waals surface area (Å²) < 4.78 is 17.6. The van der Waals surface area contributed by atoms with E-state index in [0.717, 1.165) is 23.4 Å². The molecule has 2 aromatic carbocycles. The molecule has 4 aromatic rings. The van der Waals surface area contributed by atoms with E-state index < -0.39 is 17.3 Å². The third-order valence-corrected chi connectivity index (χ3v) is 7.15. The first-order valence-corrected chi connectivity index (χ1v) is 12.2. The van der Waals surface area contributed by atoms with Crippen LogP contribution in [0.5, 0.6) is 0 Å². The van der Waals surface area contributed by atoms with Gasteiger partial charge in [-0.25, -0.2) is 19.0 Å². The van der Waals surface area contributed by atoms with Crippen LogP contribution in [0.25, 0.3) is 10.9 Å². The molecule has 0 bridgehead atoms. The van der Waals surface area contributed by atoms with Crippen LogP contribution in [0, 0.1) is 5.82 Å². The first-order valence-electron chi connectivity index (χ1n) is 11.3. The lowest BCUT2D eigenvalue weighted by atomic mass is 9.97. The van der Waals surface area contributed by atoms with Crippen LogP contribution < -0.4 is 16.7 Å². The number of rotatable bonds is 5. The molecule has 0 radical (unpaired) electrons. The minimum absolute atomic E-state index is 0.00719. The SMILES string of the molecule is O=C(Nc1ccc2[nH]c(=O)oc(=O)c2c1)c1csc(C2CCN(C(=O)Cc3ccc(F)cc3)CC2)n1. The lowest BCUT2D eigenvalue weighted by molar-refractivity contribution is -0.131. The fourth-order valence-corrected chi connectivity index (χ4v) is 5.18. The fraction of sp³-hybridized carbons (Fsp3) is 0.240. The zero-order valence-electron chi connectivity index (χ0n) is 19.0. The number of fused-ring (bicyclic) bond motifs is 1. The van der Waals surface area contributed by atoms with E-state index in [9.17, 15) is 23.6 Å². The first kappa shape index (κ1) is 23.6. The highest BCUT2D eigenvalue weighted by molar-refractivity contribution is 7.10. The van der Waals surface area contributed by atoms with Gasteiger partial charge in [0.15, 0.2) is 0 Å². The van der Waals surface area contributed by atoms with Crippen LogP contribution in [0.15, 0.2) is 61.9 Å². The molecule has 0 spiro atoms. The predicted octanol–water partition coefficient (Wildman–Crippen LogP) is 3.28. The van der Waals surface area contributed by atoms with E-state index in [2.05, 4.69) is 19.7 Å². The Bertz CT molecular complexity index is 1550. The molecule has 1 fully saturated rings. The molecule has 1 aliphatic heterocycles. The maximum atomic E-state index is 13.1. The zero-order chi connectivity index (χ0) is 25.2. The molecule has 1 aliphatic rings. The number of anilines is 1. The molecule has 5 rings (SSSR count).